The molecule has 2 saturated carbocycles. The summed E-state index contributed by atoms with van der Waals surface area (Å²) in [4.78, 5) is 36.3. The van der Waals surface area contributed by atoms with Crippen LogP contribution in [0.5, 0.6) is 5.75 Å². The van der Waals surface area contributed by atoms with E-state index in [0.29, 0.717) is 56.2 Å². The molecule has 2 N–H and O–H groups in total. The number of ether oxygens (including phenoxy) is 1. The summed E-state index contributed by atoms with van der Waals surface area (Å²) in [5, 5.41) is 18.4. The van der Waals surface area contributed by atoms with Crippen LogP contribution >= 0.6 is 15.9 Å². The standard InChI is InChI=1S/C25H23BrN4O5/c26-15-2-3-16-19-13-18(14-1-4-17(27)20(11-14)30(33)34)28-29(19)25(35-21(16)12-15)9-7-24(8-10-25)22(31)5-6-23(24)32/h1-4,11-12,19H,5-10,13,27H2. The fraction of sp³-hybridized carbons (Fsp3) is 0.400. The summed E-state index contributed by atoms with van der Waals surface area (Å²) in [7, 11) is 0. The number of ketones is 2. The SMILES string of the molecule is Nc1ccc(C2=NN3C(C2)c2ccc(Br)cc2OC32CCC3(CC2)C(=O)CCC3=O)cc1[N+](=O)[O-]. The maximum Gasteiger partial charge on any atom is 0.292 e. The van der Waals surface area contributed by atoms with Crippen LogP contribution in [0.25, 0.3) is 0 Å². The van der Waals surface area contributed by atoms with Crippen LogP contribution in [0.1, 0.15) is 62.1 Å². The lowest BCUT2D eigenvalue weighted by atomic mass is 9.68. The number of nitro groups is 1. The third-order valence-electron chi connectivity index (χ3n) is 8.05. The third-order valence-corrected chi connectivity index (χ3v) is 8.55. The number of Topliss-reactive ketones (excluding diaryl/α,β-unsaturated/α-hetero) is 2. The molecule has 180 valence electrons. The Morgan fingerprint density at radius 2 is 1.80 bits per heavy atom. The molecule has 2 aromatic carbocycles. The van der Waals surface area contributed by atoms with Gasteiger partial charge < -0.3 is 10.5 Å². The van der Waals surface area contributed by atoms with Gasteiger partial charge in [-0.2, -0.15) is 5.10 Å². The molecule has 0 aromatic heterocycles. The number of carbonyl (C=O) groups is 2. The number of rotatable bonds is 2. The van der Waals surface area contributed by atoms with E-state index >= 15 is 0 Å². The van der Waals surface area contributed by atoms with Crippen molar-refractivity contribution in [2.75, 3.05) is 5.73 Å². The molecule has 0 radical (unpaired) electrons. The Hall–Kier alpha value is -3.27. The predicted molar refractivity (Wildman–Crippen MR) is 131 cm³/mol. The molecule has 2 fully saturated rings. The second-order valence-electron chi connectivity index (χ2n) is 9.80. The molecule has 2 heterocycles. The van der Waals surface area contributed by atoms with Crippen LogP contribution in [-0.2, 0) is 9.59 Å². The van der Waals surface area contributed by atoms with Gasteiger partial charge in [0, 0.05) is 53.8 Å². The van der Waals surface area contributed by atoms with Gasteiger partial charge in [-0.3, -0.25) is 19.7 Å². The lowest BCUT2D eigenvalue weighted by molar-refractivity contribution is -0.383. The zero-order valence-corrected chi connectivity index (χ0v) is 20.4. The molecule has 2 aromatic rings. The van der Waals surface area contributed by atoms with E-state index < -0.39 is 16.1 Å². The number of carbonyl (C=O) groups excluding carboxylic acids is 2. The van der Waals surface area contributed by atoms with Gasteiger partial charge in [0.1, 0.15) is 23.0 Å². The van der Waals surface area contributed by atoms with Crippen LogP contribution in [0.3, 0.4) is 0 Å². The highest BCUT2D eigenvalue weighted by Gasteiger charge is 2.59. The Labute approximate surface area is 209 Å². The van der Waals surface area contributed by atoms with Gasteiger partial charge in [0.25, 0.3) is 5.69 Å². The summed E-state index contributed by atoms with van der Waals surface area (Å²) in [5.41, 5.74) is 6.41. The molecular weight excluding hydrogens is 516 g/mol. The highest BCUT2D eigenvalue weighted by molar-refractivity contribution is 9.10. The zero-order chi connectivity index (χ0) is 24.5. The molecule has 4 aliphatic rings. The summed E-state index contributed by atoms with van der Waals surface area (Å²) in [6, 6.07) is 10.5. The molecule has 0 amide bonds. The van der Waals surface area contributed by atoms with Crippen LogP contribution in [0.4, 0.5) is 11.4 Å². The summed E-state index contributed by atoms with van der Waals surface area (Å²) < 4.78 is 7.52. The highest BCUT2D eigenvalue weighted by Crippen LogP contribution is 2.56. The Morgan fingerprint density at radius 3 is 2.49 bits per heavy atom. The van der Waals surface area contributed by atoms with Crippen molar-refractivity contribution in [3.05, 3.63) is 62.1 Å². The van der Waals surface area contributed by atoms with E-state index in [9.17, 15) is 19.7 Å². The normalized spacial score (nSPS) is 23.7. The Bertz CT molecular complexity index is 1310. The van der Waals surface area contributed by atoms with Crippen LogP contribution in [-0.4, -0.2) is 32.9 Å². The van der Waals surface area contributed by atoms with E-state index in [4.69, 9.17) is 15.6 Å². The Morgan fingerprint density at radius 1 is 1.09 bits per heavy atom. The van der Waals surface area contributed by atoms with Crippen molar-refractivity contribution in [2.45, 2.75) is 56.7 Å². The van der Waals surface area contributed by atoms with Gasteiger partial charge in [0.05, 0.1) is 22.1 Å². The largest absolute Gasteiger partial charge is 0.466 e. The minimum atomic E-state index is -0.883. The molecule has 9 nitrogen and oxygen atoms in total. The van der Waals surface area contributed by atoms with Crippen LogP contribution in [0, 0.1) is 15.5 Å². The average molecular weight is 539 g/mol. The van der Waals surface area contributed by atoms with E-state index in [2.05, 4.69) is 15.9 Å². The lowest BCUT2D eigenvalue weighted by Gasteiger charge is -2.52. The molecule has 35 heavy (non-hydrogen) atoms. The smallest absolute Gasteiger partial charge is 0.292 e. The molecule has 0 saturated heterocycles. The van der Waals surface area contributed by atoms with Gasteiger partial charge in [0.2, 0.25) is 0 Å². The number of nitrogen functional groups attached to an aromatic ring is 1. The van der Waals surface area contributed by atoms with Crippen molar-refractivity contribution in [1.82, 2.24) is 5.01 Å². The predicted octanol–water partition coefficient (Wildman–Crippen LogP) is 4.67. The average Bonchev–Trinajstić information content (AvgIpc) is 3.40. The first-order valence-electron chi connectivity index (χ1n) is 11.7. The lowest BCUT2D eigenvalue weighted by Crippen LogP contribution is -2.57. The number of nitrogens with two attached hydrogens (primary N) is 1. The van der Waals surface area contributed by atoms with Crippen molar-refractivity contribution in [1.29, 1.82) is 0 Å². The van der Waals surface area contributed by atoms with Gasteiger partial charge in [0.15, 0.2) is 5.72 Å². The molecule has 10 heteroatoms. The number of nitrogens with zero attached hydrogens (tertiary/aromatic N) is 3. The van der Waals surface area contributed by atoms with Gasteiger partial charge in [-0.15, -0.1) is 0 Å². The molecular formula is C25H23BrN4O5. The van der Waals surface area contributed by atoms with Crippen LogP contribution < -0.4 is 10.5 Å². The summed E-state index contributed by atoms with van der Waals surface area (Å²) in [5.74, 6) is 0.848. The number of nitro benzene ring substituents is 1. The summed E-state index contributed by atoms with van der Waals surface area (Å²) >= 11 is 3.53. The maximum atomic E-state index is 12.7. The molecule has 6 rings (SSSR count). The third kappa shape index (κ3) is 3.22. The quantitative estimate of drug-likeness (QED) is 0.254. The first-order valence-corrected chi connectivity index (χ1v) is 12.5. The summed E-state index contributed by atoms with van der Waals surface area (Å²) in [6.07, 6.45) is 3.06. The van der Waals surface area contributed by atoms with Crippen LogP contribution in [0.2, 0.25) is 0 Å². The van der Waals surface area contributed by atoms with E-state index in [1.807, 2.05) is 23.2 Å². The number of hydrogen-bond donors (Lipinski definition) is 1. The van der Waals surface area contributed by atoms with E-state index in [0.717, 1.165) is 15.8 Å². The topological polar surface area (TPSA) is 128 Å². The number of hydrazone groups is 1. The molecule has 1 unspecified atom stereocenters. The minimum Gasteiger partial charge on any atom is -0.466 e. The van der Waals surface area contributed by atoms with E-state index in [1.54, 1.807) is 6.07 Å². The molecule has 0 bridgehead atoms. The number of anilines is 1. The van der Waals surface area contributed by atoms with Gasteiger partial charge in [-0.1, -0.05) is 28.1 Å². The van der Waals surface area contributed by atoms with Crippen molar-refractivity contribution >= 4 is 44.6 Å². The fourth-order valence-corrected chi connectivity index (χ4v) is 6.46. The van der Waals surface area contributed by atoms with Gasteiger partial charge >= 0.3 is 0 Å². The molecule has 2 aliphatic carbocycles. The summed E-state index contributed by atoms with van der Waals surface area (Å²) in [6.45, 7) is 0. The molecule has 1 atom stereocenters. The minimum absolute atomic E-state index is 0.0488. The first-order chi connectivity index (χ1) is 16.7. The zero-order valence-electron chi connectivity index (χ0n) is 18.8. The van der Waals surface area contributed by atoms with E-state index in [1.165, 1.54) is 12.1 Å². The van der Waals surface area contributed by atoms with Crippen molar-refractivity contribution in [3.63, 3.8) is 0 Å². The van der Waals surface area contributed by atoms with Crippen molar-refractivity contribution in [3.8, 4) is 5.75 Å². The maximum absolute atomic E-state index is 12.7. The van der Waals surface area contributed by atoms with Gasteiger partial charge in [-0.25, -0.2) is 5.01 Å². The molecule has 2 aliphatic heterocycles. The number of benzene rings is 2. The second-order valence-corrected chi connectivity index (χ2v) is 10.7. The monoisotopic (exact) mass is 538 g/mol. The van der Waals surface area contributed by atoms with E-state index in [-0.39, 0.29) is 29.0 Å². The van der Waals surface area contributed by atoms with Crippen molar-refractivity contribution in [2.24, 2.45) is 10.5 Å². The highest BCUT2D eigenvalue weighted by atomic mass is 79.9. The van der Waals surface area contributed by atoms with Crippen LogP contribution in [0.15, 0.2) is 46.0 Å². The number of fused-ring (bicyclic) bond motifs is 4. The molecule has 2 spiro atoms. The number of hydrogen-bond acceptors (Lipinski definition) is 8. The van der Waals surface area contributed by atoms with Gasteiger partial charge in [-0.05, 0) is 31.0 Å². The first kappa shape index (κ1) is 22.2. The number of halogens is 1. The van der Waals surface area contributed by atoms with Crippen molar-refractivity contribution < 1.29 is 19.2 Å². The fourth-order valence-electron chi connectivity index (χ4n) is 6.12. The second kappa shape index (κ2) is 7.61. The Balaban J connectivity index is 1.41. The Kier molecular flexibility index (Phi) is 4.83.